The van der Waals surface area contributed by atoms with Crippen LogP contribution in [0.4, 0.5) is 4.79 Å². The zero-order chi connectivity index (χ0) is 14.8. The predicted molar refractivity (Wildman–Crippen MR) is 84.0 cm³/mol. The van der Waals surface area contributed by atoms with Crippen molar-refractivity contribution in [1.29, 1.82) is 0 Å². The van der Waals surface area contributed by atoms with Crippen molar-refractivity contribution in [2.45, 2.75) is 43.1 Å². The van der Waals surface area contributed by atoms with Crippen LogP contribution in [0.15, 0.2) is 27.8 Å². The number of hydrogen-bond donors (Lipinski definition) is 0. The van der Waals surface area contributed by atoms with Gasteiger partial charge in [0.05, 0.1) is 5.03 Å². The molecule has 4 nitrogen and oxygen atoms in total. The van der Waals surface area contributed by atoms with E-state index in [1.54, 1.807) is 16.7 Å². The number of ether oxygens (including phenoxy) is 1. The number of carbonyl (C=O) groups is 1. The monoisotopic (exact) mass is 358 g/mol. The highest BCUT2D eigenvalue weighted by Crippen LogP contribution is 2.29. The third kappa shape index (κ3) is 4.66. The summed E-state index contributed by atoms with van der Waals surface area (Å²) >= 11 is 5.08. The second kappa shape index (κ2) is 6.35. The summed E-state index contributed by atoms with van der Waals surface area (Å²) in [6, 6.07) is 5.87. The fraction of sp³-hybridized carbons (Fsp3) is 0.571. The van der Waals surface area contributed by atoms with E-state index in [-0.39, 0.29) is 6.09 Å². The Morgan fingerprint density at radius 1 is 1.50 bits per heavy atom. The van der Waals surface area contributed by atoms with Gasteiger partial charge < -0.3 is 9.64 Å². The summed E-state index contributed by atoms with van der Waals surface area (Å²) in [5.41, 5.74) is -0.436. The molecule has 0 aliphatic carbocycles. The summed E-state index contributed by atoms with van der Waals surface area (Å²) in [7, 11) is 0. The van der Waals surface area contributed by atoms with Crippen molar-refractivity contribution in [3.8, 4) is 0 Å². The topological polar surface area (TPSA) is 42.4 Å². The standard InChI is InChI=1S/C14H19BrN2O2S/c1-14(2,3)19-13(18)17-8-7-10(9-17)20-12-6-4-5-11(15)16-12/h4-6,10H,7-9H2,1-3H3/t10-/m1/s1. The molecule has 1 atom stereocenters. The van der Waals surface area contributed by atoms with Crippen LogP contribution in [-0.2, 0) is 4.74 Å². The number of halogens is 1. The van der Waals surface area contributed by atoms with Crippen LogP contribution in [0.1, 0.15) is 27.2 Å². The molecule has 0 saturated carbocycles. The van der Waals surface area contributed by atoms with Gasteiger partial charge in [-0.25, -0.2) is 9.78 Å². The molecule has 6 heteroatoms. The first-order chi connectivity index (χ1) is 9.33. The first-order valence-corrected chi connectivity index (χ1v) is 8.28. The van der Waals surface area contributed by atoms with Crippen molar-refractivity contribution >= 4 is 33.8 Å². The zero-order valence-electron chi connectivity index (χ0n) is 11.9. The van der Waals surface area contributed by atoms with Gasteiger partial charge in [-0.2, -0.15) is 0 Å². The van der Waals surface area contributed by atoms with E-state index < -0.39 is 5.60 Å². The first-order valence-electron chi connectivity index (χ1n) is 6.60. The molecule has 20 heavy (non-hydrogen) atoms. The van der Waals surface area contributed by atoms with E-state index in [9.17, 15) is 4.79 Å². The number of carbonyl (C=O) groups excluding carboxylic acids is 1. The van der Waals surface area contributed by atoms with Gasteiger partial charge in [0.2, 0.25) is 0 Å². The SMILES string of the molecule is CC(C)(C)OC(=O)N1CC[C@@H](Sc2cccc(Br)n2)C1. The molecule has 1 aliphatic rings. The third-order valence-corrected chi connectivity index (χ3v) is 4.40. The molecular formula is C14H19BrN2O2S. The van der Waals surface area contributed by atoms with Gasteiger partial charge in [0.1, 0.15) is 10.2 Å². The van der Waals surface area contributed by atoms with E-state index in [0.29, 0.717) is 11.8 Å². The smallest absolute Gasteiger partial charge is 0.410 e. The van der Waals surface area contributed by atoms with Crippen molar-refractivity contribution in [2.24, 2.45) is 0 Å². The van der Waals surface area contributed by atoms with Gasteiger partial charge in [-0.1, -0.05) is 6.07 Å². The summed E-state index contributed by atoms with van der Waals surface area (Å²) in [5, 5.41) is 1.36. The van der Waals surface area contributed by atoms with Crippen LogP contribution < -0.4 is 0 Å². The van der Waals surface area contributed by atoms with Crippen molar-refractivity contribution in [2.75, 3.05) is 13.1 Å². The Hall–Kier alpha value is -0.750. The number of rotatable bonds is 2. The van der Waals surface area contributed by atoms with Gasteiger partial charge in [0.25, 0.3) is 0 Å². The van der Waals surface area contributed by atoms with Crippen molar-refractivity contribution < 1.29 is 9.53 Å². The maximum atomic E-state index is 12.0. The van der Waals surface area contributed by atoms with Crippen LogP contribution in [0, 0.1) is 0 Å². The van der Waals surface area contributed by atoms with Gasteiger partial charge in [-0.05, 0) is 55.3 Å². The quantitative estimate of drug-likeness (QED) is 0.750. The first kappa shape index (κ1) is 15.6. The molecule has 0 radical (unpaired) electrons. The minimum Gasteiger partial charge on any atom is -0.444 e. The van der Waals surface area contributed by atoms with Crippen LogP contribution in [0.25, 0.3) is 0 Å². The van der Waals surface area contributed by atoms with Gasteiger partial charge in [-0.3, -0.25) is 0 Å². The lowest BCUT2D eigenvalue weighted by molar-refractivity contribution is 0.0295. The average molecular weight is 359 g/mol. The van der Waals surface area contributed by atoms with E-state index in [0.717, 1.165) is 22.6 Å². The fourth-order valence-electron chi connectivity index (χ4n) is 1.94. The fourth-order valence-corrected chi connectivity index (χ4v) is 3.53. The molecule has 0 bridgehead atoms. The third-order valence-electron chi connectivity index (χ3n) is 2.77. The van der Waals surface area contributed by atoms with Crippen LogP contribution in [0.3, 0.4) is 0 Å². The largest absolute Gasteiger partial charge is 0.444 e. The lowest BCUT2D eigenvalue weighted by Crippen LogP contribution is -2.35. The van der Waals surface area contributed by atoms with E-state index in [1.165, 1.54) is 0 Å². The zero-order valence-corrected chi connectivity index (χ0v) is 14.3. The highest BCUT2D eigenvalue weighted by Gasteiger charge is 2.30. The Morgan fingerprint density at radius 2 is 2.25 bits per heavy atom. The number of likely N-dealkylation sites (tertiary alicyclic amines) is 1. The van der Waals surface area contributed by atoms with Crippen LogP contribution >= 0.6 is 27.7 Å². The summed E-state index contributed by atoms with van der Waals surface area (Å²) in [6.45, 7) is 7.13. The van der Waals surface area contributed by atoms with E-state index >= 15 is 0 Å². The van der Waals surface area contributed by atoms with Crippen molar-refractivity contribution in [3.63, 3.8) is 0 Å². The Labute approximate surface area is 132 Å². The van der Waals surface area contributed by atoms with E-state index in [4.69, 9.17) is 4.74 Å². The summed E-state index contributed by atoms with van der Waals surface area (Å²) in [4.78, 5) is 18.2. The van der Waals surface area contributed by atoms with Crippen LogP contribution in [0.2, 0.25) is 0 Å². The number of amides is 1. The normalized spacial score (nSPS) is 19.2. The summed E-state index contributed by atoms with van der Waals surface area (Å²) in [5.74, 6) is 0. The molecule has 1 aromatic rings. The minimum absolute atomic E-state index is 0.220. The predicted octanol–water partition coefficient (Wildman–Crippen LogP) is 3.95. The average Bonchev–Trinajstić information content (AvgIpc) is 2.75. The molecule has 1 aliphatic heterocycles. The molecule has 2 heterocycles. The minimum atomic E-state index is -0.436. The van der Waals surface area contributed by atoms with Crippen LogP contribution in [0.5, 0.6) is 0 Å². The Kier molecular flexibility index (Phi) is 4.96. The highest BCUT2D eigenvalue weighted by molar-refractivity contribution is 9.10. The van der Waals surface area contributed by atoms with E-state index in [1.807, 2.05) is 39.0 Å². The molecule has 0 spiro atoms. The molecule has 0 unspecified atom stereocenters. The molecule has 1 fully saturated rings. The van der Waals surface area contributed by atoms with Gasteiger partial charge in [0, 0.05) is 18.3 Å². The number of thioether (sulfide) groups is 1. The van der Waals surface area contributed by atoms with Crippen molar-refractivity contribution in [3.05, 3.63) is 22.8 Å². The van der Waals surface area contributed by atoms with Gasteiger partial charge >= 0.3 is 6.09 Å². The lowest BCUT2D eigenvalue weighted by atomic mass is 10.2. The molecular weight excluding hydrogens is 340 g/mol. The molecule has 110 valence electrons. The van der Waals surface area contributed by atoms with Crippen LogP contribution in [-0.4, -0.2) is 39.9 Å². The lowest BCUT2D eigenvalue weighted by Gasteiger charge is -2.24. The van der Waals surface area contributed by atoms with E-state index in [2.05, 4.69) is 20.9 Å². The molecule has 1 amide bonds. The number of nitrogens with zero attached hydrogens (tertiary/aromatic N) is 2. The highest BCUT2D eigenvalue weighted by atomic mass is 79.9. The Balaban J connectivity index is 1.88. The molecule has 0 aromatic carbocycles. The summed E-state index contributed by atoms with van der Waals surface area (Å²) < 4.78 is 6.23. The maximum absolute atomic E-state index is 12.0. The Bertz CT molecular complexity index is 490. The molecule has 1 saturated heterocycles. The summed E-state index contributed by atoms with van der Waals surface area (Å²) in [6.07, 6.45) is 0.751. The number of hydrogen-bond acceptors (Lipinski definition) is 4. The molecule has 2 rings (SSSR count). The van der Waals surface area contributed by atoms with Gasteiger partial charge in [-0.15, -0.1) is 11.8 Å². The van der Waals surface area contributed by atoms with Crippen molar-refractivity contribution in [1.82, 2.24) is 9.88 Å². The second-order valence-electron chi connectivity index (χ2n) is 5.75. The maximum Gasteiger partial charge on any atom is 0.410 e. The number of aromatic nitrogens is 1. The Morgan fingerprint density at radius 3 is 2.90 bits per heavy atom. The molecule has 1 aromatic heterocycles. The molecule has 0 N–H and O–H groups in total. The van der Waals surface area contributed by atoms with Gasteiger partial charge in [0.15, 0.2) is 0 Å². The second-order valence-corrected chi connectivity index (χ2v) is 7.89. The number of pyridine rings is 1.